The molecule has 0 saturated heterocycles. The Balaban J connectivity index is 2.04. The van der Waals surface area contributed by atoms with Crippen molar-refractivity contribution in [2.24, 2.45) is 0 Å². The first kappa shape index (κ1) is 19.0. The highest BCUT2D eigenvalue weighted by Gasteiger charge is 2.34. The Morgan fingerprint density at radius 3 is 2.37 bits per heavy atom. The fraction of sp³-hybridized carbons (Fsp3) is 0.167. The van der Waals surface area contributed by atoms with Gasteiger partial charge >= 0.3 is 6.18 Å². The van der Waals surface area contributed by atoms with E-state index in [0.29, 0.717) is 22.6 Å². The maximum atomic E-state index is 13.1. The first-order chi connectivity index (χ1) is 12.6. The van der Waals surface area contributed by atoms with E-state index in [1.807, 2.05) is 4.72 Å². The van der Waals surface area contributed by atoms with E-state index in [1.54, 1.807) is 32.0 Å². The van der Waals surface area contributed by atoms with Crippen LogP contribution in [-0.4, -0.2) is 13.6 Å². The van der Waals surface area contributed by atoms with E-state index in [9.17, 15) is 21.6 Å². The topological polar surface area (TPSA) is 72.2 Å². The van der Waals surface area contributed by atoms with Crippen LogP contribution in [0.5, 0.6) is 0 Å². The van der Waals surface area contributed by atoms with Gasteiger partial charge in [-0.1, -0.05) is 29.4 Å². The number of nitrogens with one attached hydrogen (secondary N) is 1. The minimum Gasteiger partial charge on any atom is -0.356 e. The van der Waals surface area contributed by atoms with Crippen molar-refractivity contribution >= 4 is 15.7 Å². The van der Waals surface area contributed by atoms with Crippen LogP contribution in [0.4, 0.5) is 18.9 Å². The SMILES string of the molecule is Cc1cc(-c2ccc(C)c(S(=O)(=O)Nc3ccccc3C(F)(F)F)c2)on1. The summed E-state index contributed by atoms with van der Waals surface area (Å²) in [5.74, 6) is 0.361. The zero-order valence-corrected chi connectivity index (χ0v) is 15.1. The van der Waals surface area contributed by atoms with Gasteiger partial charge in [-0.15, -0.1) is 0 Å². The van der Waals surface area contributed by atoms with Crippen LogP contribution in [0.1, 0.15) is 16.8 Å². The molecule has 0 aliphatic carbocycles. The van der Waals surface area contributed by atoms with Gasteiger partial charge in [0.2, 0.25) is 0 Å². The Hall–Kier alpha value is -2.81. The molecule has 3 aromatic rings. The molecule has 1 aromatic heterocycles. The number of rotatable bonds is 4. The van der Waals surface area contributed by atoms with Crippen LogP contribution in [0, 0.1) is 13.8 Å². The molecule has 0 unspecified atom stereocenters. The fourth-order valence-corrected chi connectivity index (χ4v) is 3.91. The summed E-state index contributed by atoms with van der Waals surface area (Å²) in [7, 11) is -4.26. The average Bonchev–Trinajstić information content (AvgIpc) is 3.00. The predicted molar refractivity (Wildman–Crippen MR) is 93.7 cm³/mol. The van der Waals surface area contributed by atoms with Crippen LogP contribution in [0.3, 0.4) is 0 Å². The normalized spacial score (nSPS) is 12.2. The van der Waals surface area contributed by atoms with Gasteiger partial charge in [-0.25, -0.2) is 8.42 Å². The molecule has 5 nitrogen and oxygen atoms in total. The molecule has 0 aliphatic heterocycles. The maximum Gasteiger partial charge on any atom is 0.418 e. The smallest absolute Gasteiger partial charge is 0.356 e. The number of para-hydroxylation sites is 1. The third-order valence-corrected chi connectivity index (χ3v) is 5.37. The number of alkyl halides is 3. The van der Waals surface area contributed by atoms with E-state index in [1.165, 1.54) is 18.2 Å². The largest absolute Gasteiger partial charge is 0.418 e. The standard InChI is InChI=1S/C18H15F3N2O3S/c1-11-7-8-13(16-9-12(2)22-26-16)10-17(11)27(24,25)23-15-6-4-3-5-14(15)18(19,20)21/h3-10,23H,1-2H3. The van der Waals surface area contributed by atoms with Gasteiger partial charge in [-0.3, -0.25) is 4.72 Å². The zero-order valence-electron chi connectivity index (χ0n) is 14.3. The second-order valence-corrected chi connectivity index (χ2v) is 7.61. The van der Waals surface area contributed by atoms with E-state index in [0.717, 1.165) is 12.1 Å². The summed E-state index contributed by atoms with van der Waals surface area (Å²) >= 11 is 0. The lowest BCUT2D eigenvalue weighted by atomic mass is 10.1. The number of nitrogens with zero attached hydrogens (tertiary/aromatic N) is 1. The van der Waals surface area contributed by atoms with Crippen molar-refractivity contribution in [1.82, 2.24) is 5.16 Å². The molecule has 1 heterocycles. The molecule has 9 heteroatoms. The maximum absolute atomic E-state index is 13.1. The van der Waals surface area contributed by atoms with Gasteiger partial charge in [-0.2, -0.15) is 13.2 Å². The lowest BCUT2D eigenvalue weighted by Gasteiger charge is -2.16. The quantitative estimate of drug-likeness (QED) is 0.689. The second kappa shape index (κ2) is 6.73. The minimum absolute atomic E-state index is 0.147. The van der Waals surface area contributed by atoms with Gasteiger partial charge in [0.1, 0.15) is 0 Å². The Labute approximate surface area is 153 Å². The van der Waals surface area contributed by atoms with Crippen molar-refractivity contribution in [1.29, 1.82) is 0 Å². The molecule has 2 aromatic carbocycles. The highest BCUT2D eigenvalue weighted by atomic mass is 32.2. The van der Waals surface area contributed by atoms with Crippen LogP contribution in [0.25, 0.3) is 11.3 Å². The summed E-state index contributed by atoms with van der Waals surface area (Å²) in [4.78, 5) is -0.147. The molecular formula is C18H15F3N2O3S. The molecule has 1 N–H and O–H groups in total. The van der Waals surface area contributed by atoms with Crippen LogP contribution >= 0.6 is 0 Å². The molecule has 0 amide bonds. The van der Waals surface area contributed by atoms with Crippen LogP contribution in [0.15, 0.2) is 57.9 Å². The van der Waals surface area contributed by atoms with Crippen LogP contribution in [-0.2, 0) is 16.2 Å². The summed E-state index contributed by atoms with van der Waals surface area (Å²) in [5.41, 5.74) is -0.150. The first-order valence-corrected chi connectivity index (χ1v) is 9.29. The minimum atomic E-state index is -4.69. The number of aromatic nitrogens is 1. The molecule has 3 rings (SSSR count). The zero-order chi connectivity index (χ0) is 19.8. The van der Waals surface area contributed by atoms with Gasteiger partial charge in [0.05, 0.1) is 21.8 Å². The number of anilines is 1. The van der Waals surface area contributed by atoms with Crippen LogP contribution in [0.2, 0.25) is 0 Å². The predicted octanol–water partition coefficient (Wildman–Crippen LogP) is 4.78. The Morgan fingerprint density at radius 2 is 1.74 bits per heavy atom. The molecule has 0 radical (unpaired) electrons. The highest BCUT2D eigenvalue weighted by molar-refractivity contribution is 7.92. The number of halogens is 3. The molecule has 0 fully saturated rings. The van der Waals surface area contributed by atoms with E-state index in [4.69, 9.17) is 4.52 Å². The Bertz CT molecular complexity index is 1090. The van der Waals surface area contributed by atoms with Gasteiger partial charge in [0.15, 0.2) is 5.76 Å². The molecule has 0 bridgehead atoms. The summed E-state index contributed by atoms with van der Waals surface area (Å²) in [6.45, 7) is 3.27. The monoisotopic (exact) mass is 396 g/mol. The van der Waals surface area contributed by atoms with Crippen molar-refractivity contribution in [3.63, 3.8) is 0 Å². The summed E-state index contributed by atoms with van der Waals surface area (Å²) in [6, 6.07) is 10.6. The van der Waals surface area contributed by atoms with Crippen molar-refractivity contribution < 1.29 is 26.1 Å². The average molecular weight is 396 g/mol. The lowest BCUT2D eigenvalue weighted by Crippen LogP contribution is -2.18. The summed E-state index contributed by atoms with van der Waals surface area (Å²) < 4.78 is 72.1. The van der Waals surface area contributed by atoms with Crippen molar-refractivity contribution in [3.8, 4) is 11.3 Å². The number of hydrogen-bond acceptors (Lipinski definition) is 4. The van der Waals surface area contributed by atoms with Crippen LogP contribution < -0.4 is 4.72 Å². The number of aryl methyl sites for hydroxylation is 2. The molecular weight excluding hydrogens is 381 g/mol. The van der Waals surface area contributed by atoms with Crippen molar-refractivity contribution in [2.45, 2.75) is 24.9 Å². The van der Waals surface area contributed by atoms with E-state index < -0.39 is 27.5 Å². The number of benzene rings is 2. The molecule has 0 spiro atoms. The third-order valence-electron chi connectivity index (χ3n) is 3.87. The lowest BCUT2D eigenvalue weighted by molar-refractivity contribution is -0.136. The fourth-order valence-electron chi connectivity index (χ4n) is 2.56. The first-order valence-electron chi connectivity index (χ1n) is 7.81. The van der Waals surface area contributed by atoms with Gasteiger partial charge in [0, 0.05) is 11.6 Å². The van der Waals surface area contributed by atoms with Crippen molar-refractivity contribution in [2.75, 3.05) is 4.72 Å². The number of hydrogen-bond donors (Lipinski definition) is 1. The highest BCUT2D eigenvalue weighted by Crippen LogP contribution is 2.36. The van der Waals surface area contributed by atoms with E-state index in [-0.39, 0.29) is 4.90 Å². The van der Waals surface area contributed by atoms with E-state index >= 15 is 0 Å². The third kappa shape index (κ3) is 3.97. The van der Waals surface area contributed by atoms with Crippen molar-refractivity contribution in [3.05, 3.63) is 65.4 Å². The molecule has 0 aliphatic rings. The van der Waals surface area contributed by atoms with E-state index in [2.05, 4.69) is 5.16 Å². The summed E-state index contributed by atoms with van der Waals surface area (Å²) in [6.07, 6.45) is -4.69. The molecule has 0 saturated carbocycles. The second-order valence-electron chi connectivity index (χ2n) is 5.96. The molecule has 142 valence electrons. The molecule has 27 heavy (non-hydrogen) atoms. The van der Waals surface area contributed by atoms with Gasteiger partial charge < -0.3 is 4.52 Å². The molecule has 0 atom stereocenters. The van der Waals surface area contributed by atoms with Gasteiger partial charge in [0.25, 0.3) is 10.0 Å². The summed E-state index contributed by atoms with van der Waals surface area (Å²) in [5, 5.41) is 3.75. The Morgan fingerprint density at radius 1 is 1.04 bits per heavy atom. The Kier molecular flexibility index (Phi) is 4.73. The number of sulfonamides is 1. The van der Waals surface area contributed by atoms with Gasteiger partial charge in [-0.05, 0) is 37.6 Å².